The standard InChI is InChI=1S/C20H20N2O3/c21-10-11-22-17(14-6-2-1-3-7-14)13-18(23)16-12-15-8-4-5-9-19(15)25-20(16)24/h1-9,12,17,22H,10-11,13,21H2/t17-/m0/s1. The number of Topliss-reactive ketones (excluding diaryl/α,β-unsaturated/α-hetero) is 1. The summed E-state index contributed by atoms with van der Waals surface area (Å²) < 4.78 is 5.27. The maximum atomic E-state index is 12.7. The van der Waals surface area contributed by atoms with Crippen molar-refractivity contribution < 1.29 is 9.21 Å². The smallest absolute Gasteiger partial charge is 0.347 e. The molecule has 3 aromatic rings. The van der Waals surface area contributed by atoms with Crippen LogP contribution < -0.4 is 16.7 Å². The number of nitrogens with one attached hydrogen (secondary N) is 1. The first-order chi connectivity index (χ1) is 12.2. The van der Waals surface area contributed by atoms with Gasteiger partial charge in [-0.3, -0.25) is 4.79 Å². The monoisotopic (exact) mass is 336 g/mol. The summed E-state index contributed by atoms with van der Waals surface area (Å²) in [6, 6.07) is 18.2. The maximum Gasteiger partial charge on any atom is 0.347 e. The van der Waals surface area contributed by atoms with Crippen molar-refractivity contribution in [1.29, 1.82) is 0 Å². The molecule has 0 radical (unpaired) electrons. The van der Waals surface area contributed by atoms with Crippen LogP contribution in [0.1, 0.15) is 28.4 Å². The average molecular weight is 336 g/mol. The van der Waals surface area contributed by atoms with Crippen LogP contribution in [-0.2, 0) is 0 Å². The minimum Gasteiger partial charge on any atom is -0.422 e. The summed E-state index contributed by atoms with van der Waals surface area (Å²) in [5.74, 6) is -0.252. The number of nitrogens with two attached hydrogens (primary N) is 1. The van der Waals surface area contributed by atoms with Gasteiger partial charge in [-0.15, -0.1) is 0 Å². The third-order valence-electron chi connectivity index (χ3n) is 4.07. The number of rotatable bonds is 7. The van der Waals surface area contributed by atoms with Crippen LogP contribution in [0.25, 0.3) is 11.0 Å². The minimum atomic E-state index is -0.602. The van der Waals surface area contributed by atoms with E-state index in [0.29, 0.717) is 18.7 Å². The fourth-order valence-corrected chi connectivity index (χ4v) is 2.80. The fraction of sp³-hybridized carbons (Fsp3) is 0.200. The molecule has 5 heteroatoms. The summed E-state index contributed by atoms with van der Waals surface area (Å²) in [7, 11) is 0. The molecule has 25 heavy (non-hydrogen) atoms. The van der Waals surface area contributed by atoms with Gasteiger partial charge >= 0.3 is 5.63 Å². The summed E-state index contributed by atoms with van der Waals surface area (Å²) in [5, 5.41) is 4.00. The normalized spacial score (nSPS) is 12.2. The van der Waals surface area contributed by atoms with Gasteiger partial charge in [0.2, 0.25) is 0 Å². The molecule has 5 nitrogen and oxygen atoms in total. The second-order valence-corrected chi connectivity index (χ2v) is 5.82. The number of carbonyl (C=O) groups excluding carboxylic acids is 1. The Kier molecular flexibility index (Phi) is 5.38. The van der Waals surface area contributed by atoms with Crippen molar-refractivity contribution in [3.05, 3.63) is 82.2 Å². The predicted molar refractivity (Wildman–Crippen MR) is 97.7 cm³/mol. The van der Waals surface area contributed by atoms with Gasteiger partial charge in [0.15, 0.2) is 5.78 Å². The molecular formula is C20H20N2O3. The molecule has 1 heterocycles. The molecule has 2 aromatic carbocycles. The minimum absolute atomic E-state index is 0.0779. The number of para-hydroxylation sites is 1. The van der Waals surface area contributed by atoms with Gasteiger partial charge in [-0.1, -0.05) is 48.5 Å². The molecule has 0 saturated heterocycles. The van der Waals surface area contributed by atoms with Crippen LogP contribution in [0, 0.1) is 0 Å². The molecule has 0 spiro atoms. The van der Waals surface area contributed by atoms with Gasteiger partial charge in [-0.25, -0.2) is 4.79 Å². The third kappa shape index (κ3) is 4.02. The van der Waals surface area contributed by atoms with Gasteiger partial charge in [0.1, 0.15) is 11.1 Å². The van der Waals surface area contributed by atoms with E-state index in [0.717, 1.165) is 10.9 Å². The maximum absolute atomic E-state index is 12.7. The molecule has 128 valence electrons. The quantitative estimate of drug-likeness (QED) is 0.512. The van der Waals surface area contributed by atoms with E-state index in [2.05, 4.69) is 5.32 Å². The molecule has 3 rings (SSSR count). The summed E-state index contributed by atoms with van der Waals surface area (Å²) in [6.07, 6.45) is 0.160. The highest BCUT2D eigenvalue weighted by molar-refractivity contribution is 5.98. The molecule has 0 saturated carbocycles. The molecule has 0 aliphatic carbocycles. The average Bonchev–Trinajstić information content (AvgIpc) is 2.65. The molecule has 0 aliphatic heterocycles. The molecule has 0 fully saturated rings. The van der Waals surface area contributed by atoms with Crippen molar-refractivity contribution in [3.8, 4) is 0 Å². The van der Waals surface area contributed by atoms with E-state index >= 15 is 0 Å². The number of carbonyl (C=O) groups is 1. The Hall–Kier alpha value is -2.76. The molecule has 0 bridgehead atoms. The van der Waals surface area contributed by atoms with Gasteiger partial charge in [-0.05, 0) is 17.7 Å². The zero-order valence-electron chi connectivity index (χ0n) is 13.8. The van der Waals surface area contributed by atoms with Gasteiger partial charge in [-0.2, -0.15) is 0 Å². The lowest BCUT2D eigenvalue weighted by Crippen LogP contribution is -2.29. The lowest BCUT2D eigenvalue weighted by molar-refractivity contribution is 0.0965. The number of hydrogen-bond acceptors (Lipinski definition) is 5. The van der Waals surface area contributed by atoms with Crippen LogP contribution in [-0.4, -0.2) is 18.9 Å². The summed E-state index contributed by atoms with van der Waals surface area (Å²) in [6.45, 7) is 1.05. The Morgan fingerprint density at radius 2 is 1.80 bits per heavy atom. The highest BCUT2D eigenvalue weighted by Crippen LogP contribution is 2.20. The van der Waals surface area contributed by atoms with Crippen LogP contribution in [0.5, 0.6) is 0 Å². The van der Waals surface area contributed by atoms with Gasteiger partial charge in [0.05, 0.1) is 0 Å². The Morgan fingerprint density at radius 3 is 2.56 bits per heavy atom. The lowest BCUT2D eigenvalue weighted by Gasteiger charge is -2.18. The predicted octanol–water partition coefficient (Wildman–Crippen LogP) is 2.66. The van der Waals surface area contributed by atoms with E-state index in [1.807, 2.05) is 42.5 Å². The van der Waals surface area contributed by atoms with Crippen LogP contribution in [0.15, 0.2) is 69.9 Å². The highest BCUT2D eigenvalue weighted by atomic mass is 16.4. The molecule has 1 aromatic heterocycles. The van der Waals surface area contributed by atoms with Gasteiger partial charge in [0.25, 0.3) is 0 Å². The Morgan fingerprint density at radius 1 is 1.08 bits per heavy atom. The molecule has 1 atom stereocenters. The van der Waals surface area contributed by atoms with Crippen molar-refractivity contribution in [2.75, 3.05) is 13.1 Å². The Labute approximate surface area is 145 Å². The third-order valence-corrected chi connectivity index (χ3v) is 4.07. The van der Waals surface area contributed by atoms with Crippen molar-refractivity contribution in [1.82, 2.24) is 5.32 Å². The Balaban J connectivity index is 1.88. The molecule has 3 N–H and O–H groups in total. The second-order valence-electron chi connectivity index (χ2n) is 5.82. The largest absolute Gasteiger partial charge is 0.422 e. The number of benzene rings is 2. The number of ketones is 1. The van der Waals surface area contributed by atoms with E-state index in [9.17, 15) is 9.59 Å². The van der Waals surface area contributed by atoms with Gasteiger partial charge in [0, 0.05) is 30.9 Å². The van der Waals surface area contributed by atoms with Gasteiger partial charge < -0.3 is 15.5 Å². The zero-order valence-corrected chi connectivity index (χ0v) is 13.8. The first-order valence-corrected chi connectivity index (χ1v) is 8.23. The summed E-state index contributed by atoms with van der Waals surface area (Å²) >= 11 is 0. The molecule has 0 aliphatic rings. The van der Waals surface area contributed by atoms with E-state index in [1.54, 1.807) is 18.2 Å². The summed E-state index contributed by atoms with van der Waals surface area (Å²) in [4.78, 5) is 24.9. The Bertz CT molecular complexity index is 919. The highest BCUT2D eigenvalue weighted by Gasteiger charge is 2.20. The summed E-state index contributed by atoms with van der Waals surface area (Å²) in [5.41, 5.74) is 6.50. The van der Waals surface area contributed by atoms with Crippen LogP contribution >= 0.6 is 0 Å². The fourth-order valence-electron chi connectivity index (χ4n) is 2.80. The number of fused-ring (bicyclic) bond motifs is 1. The van der Waals surface area contributed by atoms with E-state index in [4.69, 9.17) is 10.2 Å². The molecular weight excluding hydrogens is 316 g/mol. The molecule has 0 unspecified atom stereocenters. The van der Waals surface area contributed by atoms with Crippen LogP contribution in [0.3, 0.4) is 0 Å². The SMILES string of the molecule is NCCN[C@@H](CC(=O)c1cc2ccccc2oc1=O)c1ccccc1. The van der Waals surface area contributed by atoms with E-state index in [1.165, 1.54) is 0 Å². The first kappa shape index (κ1) is 17.1. The van der Waals surface area contributed by atoms with Crippen molar-refractivity contribution in [2.45, 2.75) is 12.5 Å². The lowest BCUT2D eigenvalue weighted by atomic mass is 9.98. The van der Waals surface area contributed by atoms with Crippen LogP contribution in [0.4, 0.5) is 0 Å². The van der Waals surface area contributed by atoms with Crippen molar-refractivity contribution in [2.24, 2.45) is 5.73 Å². The first-order valence-electron chi connectivity index (χ1n) is 8.23. The number of hydrogen-bond donors (Lipinski definition) is 2. The second kappa shape index (κ2) is 7.88. The molecule has 0 amide bonds. The van der Waals surface area contributed by atoms with Crippen LogP contribution in [0.2, 0.25) is 0 Å². The zero-order chi connectivity index (χ0) is 17.6. The van der Waals surface area contributed by atoms with E-state index < -0.39 is 5.63 Å². The van der Waals surface area contributed by atoms with Crippen molar-refractivity contribution >= 4 is 16.8 Å². The van der Waals surface area contributed by atoms with E-state index in [-0.39, 0.29) is 23.8 Å². The topological polar surface area (TPSA) is 85.3 Å². The van der Waals surface area contributed by atoms with Crippen molar-refractivity contribution in [3.63, 3.8) is 0 Å².